The summed E-state index contributed by atoms with van der Waals surface area (Å²) in [5, 5.41) is 12.0. The Balaban J connectivity index is 1.10. The second-order valence-corrected chi connectivity index (χ2v) is 13.4. The molecular formula is C38H48N10O2. The normalized spacial score (nSPS) is 16.2. The van der Waals surface area contributed by atoms with E-state index >= 15 is 0 Å². The SMILES string of the molecule is CCc1cccc(CC)c1NC(=O)c1cc(-c2nc(Nc3ccc(N4CCC(N5CCN(C)CC5)CC4)cc3OC)nc3[nH]ccc23)n(C)n1. The number of rotatable bonds is 10. The second kappa shape index (κ2) is 14.5. The fourth-order valence-electron chi connectivity index (χ4n) is 7.35. The summed E-state index contributed by atoms with van der Waals surface area (Å²) >= 11 is 0. The molecule has 2 aliphatic rings. The number of carbonyl (C=O) groups excluding carboxylic acids is 1. The molecule has 262 valence electrons. The number of fused-ring (bicyclic) bond motifs is 1. The molecule has 5 heterocycles. The third kappa shape index (κ3) is 6.77. The van der Waals surface area contributed by atoms with Crippen molar-refractivity contribution >= 4 is 40.0 Å². The van der Waals surface area contributed by atoms with E-state index in [9.17, 15) is 4.79 Å². The lowest BCUT2D eigenvalue weighted by Crippen LogP contribution is -2.52. The van der Waals surface area contributed by atoms with Crippen LogP contribution in [0.2, 0.25) is 0 Å². The van der Waals surface area contributed by atoms with Crippen LogP contribution < -0.4 is 20.3 Å². The first-order valence-electron chi connectivity index (χ1n) is 17.8. The monoisotopic (exact) mass is 676 g/mol. The number of methoxy groups -OCH3 is 1. The molecule has 2 aromatic carbocycles. The molecule has 2 saturated heterocycles. The van der Waals surface area contributed by atoms with Gasteiger partial charge in [0, 0.05) is 81.4 Å². The van der Waals surface area contributed by atoms with Crippen molar-refractivity contribution in [1.82, 2.24) is 34.5 Å². The van der Waals surface area contributed by atoms with Crippen LogP contribution in [0.1, 0.15) is 48.3 Å². The molecule has 0 unspecified atom stereocenters. The number of likely N-dealkylation sites (N-methyl/N-ethyl adjacent to an activating group) is 1. The fraction of sp³-hybridized carbons (Fsp3) is 0.421. The van der Waals surface area contributed by atoms with Gasteiger partial charge in [-0.2, -0.15) is 10.1 Å². The number of ether oxygens (including phenoxy) is 1. The minimum absolute atomic E-state index is 0.256. The van der Waals surface area contributed by atoms with Gasteiger partial charge in [-0.1, -0.05) is 32.0 Å². The van der Waals surface area contributed by atoms with Gasteiger partial charge < -0.3 is 30.2 Å². The molecule has 0 aliphatic carbocycles. The number of piperazine rings is 1. The van der Waals surface area contributed by atoms with E-state index in [1.165, 1.54) is 25.9 Å². The van der Waals surface area contributed by atoms with Crippen LogP contribution in [-0.2, 0) is 19.9 Å². The number of nitrogens with one attached hydrogen (secondary N) is 3. The van der Waals surface area contributed by atoms with Crippen LogP contribution in [0.4, 0.5) is 23.0 Å². The highest BCUT2D eigenvalue weighted by atomic mass is 16.5. The van der Waals surface area contributed by atoms with Crippen LogP contribution in [0.15, 0.2) is 54.7 Å². The lowest BCUT2D eigenvalue weighted by molar-refractivity contribution is 0.0982. The largest absolute Gasteiger partial charge is 0.494 e. The summed E-state index contributed by atoms with van der Waals surface area (Å²) in [7, 11) is 5.73. The van der Waals surface area contributed by atoms with Gasteiger partial charge in [-0.05, 0) is 68.1 Å². The van der Waals surface area contributed by atoms with Gasteiger partial charge in [-0.3, -0.25) is 14.4 Å². The molecule has 7 rings (SSSR count). The van der Waals surface area contributed by atoms with Crippen molar-refractivity contribution < 1.29 is 9.53 Å². The van der Waals surface area contributed by atoms with Gasteiger partial charge in [0.2, 0.25) is 5.95 Å². The quantitative estimate of drug-likeness (QED) is 0.171. The van der Waals surface area contributed by atoms with Crippen molar-refractivity contribution in [2.45, 2.75) is 45.6 Å². The van der Waals surface area contributed by atoms with Crippen LogP contribution in [0.5, 0.6) is 5.75 Å². The highest BCUT2D eigenvalue weighted by molar-refractivity contribution is 6.05. The molecule has 3 N–H and O–H groups in total. The van der Waals surface area contributed by atoms with Crippen LogP contribution in [-0.4, -0.2) is 99.9 Å². The molecule has 12 nitrogen and oxygen atoms in total. The van der Waals surface area contributed by atoms with E-state index in [2.05, 4.69) is 80.6 Å². The van der Waals surface area contributed by atoms with Crippen LogP contribution in [0.25, 0.3) is 22.4 Å². The molecule has 2 aliphatic heterocycles. The van der Waals surface area contributed by atoms with Crippen molar-refractivity contribution in [3.63, 3.8) is 0 Å². The van der Waals surface area contributed by atoms with E-state index in [1.807, 2.05) is 31.4 Å². The number of anilines is 4. The zero-order valence-corrected chi connectivity index (χ0v) is 29.8. The first-order chi connectivity index (χ1) is 24.3. The predicted molar refractivity (Wildman–Crippen MR) is 200 cm³/mol. The maximum Gasteiger partial charge on any atom is 0.276 e. The Morgan fingerprint density at radius 3 is 2.38 bits per heavy atom. The van der Waals surface area contributed by atoms with Crippen molar-refractivity contribution in [3.8, 4) is 17.1 Å². The lowest BCUT2D eigenvalue weighted by atomic mass is 10.0. The van der Waals surface area contributed by atoms with Gasteiger partial charge in [0.05, 0.1) is 18.5 Å². The van der Waals surface area contributed by atoms with E-state index < -0.39 is 0 Å². The third-order valence-electron chi connectivity index (χ3n) is 10.3. The summed E-state index contributed by atoms with van der Waals surface area (Å²) < 4.78 is 7.57. The van der Waals surface area contributed by atoms with Gasteiger partial charge >= 0.3 is 0 Å². The Hall–Kier alpha value is -4.94. The van der Waals surface area contributed by atoms with Gasteiger partial charge in [0.1, 0.15) is 17.1 Å². The average Bonchev–Trinajstić information content (AvgIpc) is 3.78. The minimum Gasteiger partial charge on any atom is -0.494 e. The number of carbonyl (C=O) groups is 1. The summed E-state index contributed by atoms with van der Waals surface area (Å²) in [4.78, 5) is 34.0. The number of amides is 1. The number of aryl methyl sites for hydroxylation is 3. The van der Waals surface area contributed by atoms with Gasteiger partial charge in [0.15, 0.2) is 5.69 Å². The molecular weight excluding hydrogens is 628 g/mol. The summed E-state index contributed by atoms with van der Waals surface area (Å²) in [5.41, 5.74) is 7.34. The lowest BCUT2D eigenvalue weighted by Gasteiger charge is -2.42. The Morgan fingerprint density at radius 1 is 0.940 bits per heavy atom. The number of para-hydroxylation sites is 1. The second-order valence-electron chi connectivity index (χ2n) is 13.4. The zero-order valence-electron chi connectivity index (χ0n) is 29.8. The molecule has 12 heteroatoms. The maximum absolute atomic E-state index is 13.5. The number of benzene rings is 2. The molecule has 2 fully saturated rings. The first-order valence-corrected chi connectivity index (χ1v) is 17.8. The van der Waals surface area contributed by atoms with E-state index in [1.54, 1.807) is 17.9 Å². The summed E-state index contributed by atoms with van der Waals surface area (Å²) in [6.07, 6.45) is 5.82. The molecule has 0 spiro atoms. The van der Waals surface area contributed by atoms with Crippen molar-refractivity contribution in [3.05, 3.63) is 71.5 Å². The predicted octanol–water partition coefficient (Wildman–Crippen LogP) is 5.70. The van der Waals surface area contributed by atoms with Crippen LogP contribution >= 0.6 is 0 Å². The summed E-state index contributed by atoms with van der Waals surface area (Å²) in [6, 6.07) is 16.8. The van der Waals surface area contributed by atoms with Crippen molar-refractivity contribution in [2.24, 2.45) is 7.05 Å². The van der Waals surface area contributed by atoms with E-state index in [0.717, 1.165) is 78.3 Å². The highest BCUT2D eigenvalue weighted by Gasteiger charge is 2.27. The molecule has 3 aromatic heterocycles. The highest BCUT2D eigenvalue weighted by Crippen LogP contribution is 2.35. The number of aromatic nitrogens is 5. The summed E-state index contributed by atoms with van der Waals surface area (Å²) in [5.74, 6) is 0.873. The fourth-order valence-corrected chi connectivity index (χ4v) is 7.35. The Kier molecular flexibility index (Phi) is 9.73. The zero-order chi connectivity index (χ0) is 34.8. The molecule has 0 radical (unpaired) electrons. The van der Waals surface area contributed by atoms with E-state index in [0.29, 0.717) is 34.7 Å². The van der Waals surface area contributed by atoms with Gasteiger partial charge in [0.25, 0.3) is 5.91 Å². The van der Waals surface area contributed by atoms with Gasteiger partial charge in [-0.15, -0.1) is 0 Å². The van der Waals surface area contributed by atoms with Crippen molar-refractivity contribution in [1.29, 1.82) is 0 Å². The molecule has 1 amide bonds. The smallest absolute Gasteiger partial charge is 0.276 e. The topological polar surface area (TPSA) is 119 Å². The molecule has 0 bridgehead atoms. The number of hydrogen-bond donors (Lipinski definition) is 3. The molecule has 0 atom stereocenters. The molecule has 0 saturated carbocycles. The Morgan fingerprint density at radius 2 is 1.68 bits per heavy atom. The summed E-state index contributed by atoms with van der Waals surface area (Å²) in [6.45, 7) is 10.9. The third-order valence-corrected chi connectivity index (χ3v) is 10.3. The standard InChI is InChI=1S/C38H48N10O2/c1-6-25-9-8-10-26(7-2)34(25)41-37(49)31-24-32(46(4)44-31)35-29-13-16-39-36(29)43-38(42-35)40-30-12-11-28(23-33(30)50-5)47-17-14-27(15-18-47)48-21-19-45(3)20-22-48/h8-13,16,23-24,27H,6-7,14-15,17-22H2,1-5H3,(H,41,49)(H2,39,40,42,43). The number of hydrogen-bond acceptors (Lipinski definition) is 9. The van der Waals surface area contributed by atoms with Crippen molar-refractivity contribution in [2.75, 3.05) is 69.0 Å². The van der Waals surface area contributed by atoms with E-state index in [-0.39, 0.29) is 5.91 Å². The number of H-pyrrole nitrogens is 1. The minimum atomic E-state index is -0.256. The van der Waals surface area contributed by atoms with Crippen LogP contribution in [0, 0.1) is 0 Å². The first kappa shape index (κ1) is 33.6. The van der Waals surface area contributed by atoms with Gasteiger partial charge in [-0.25, -0.2) is 4.98 Å². The number of nitrogens with zero attached hydrogens (tertiary/aromatic N) is 7. The Bertz CT molecular complexity index is 1950. The van der Waals surface area contributed by atoms with E-state index in [4.69, 9.17) is 14.7 Å². The maximum atomic E-state index is 13.5. The number of piperidine rings is 1. The Labute approximate surface area is 293 Å². The molecule has 5 aromatic rings. The average molecular weight is 677 g/mol. The number of aromatic amines is 1. The molecule has 50 heavy (non-hydrogen) atoms. The van der Waals surface area contributed by atoms with Crippen LogP contribution in [0.3, 0.4) is 0 Å².